The molecule has 0 atom stereocenters. The topological polar surface area (TPSA) is 51.2 Å². The zero-order valence-electron chi connectivity index (χ0n) is 13.9. The van der Waals surface area contributed by atoms with Gasteiger partial charge in [0.25, 0.3) is 0 Å². The quantitative estimate of drug-likeness (QED) is 0.831. The van der Waals surface area contributed by atoms with E-state index in [2.05, 4.69) is 18.2 Å². The minimum atomic E-state index is -2.90. The molecule has 0 aromatic heterocycles. The van der Waals surface area contributed by atoms with Crippen molar-refractivity contribution < 1.29 is 13.2 Å². The van der Waals surface area contributed by atoms with Crippen LogP contribution in [0, 0.1) is 11.8 Å². The molecular formula is C19H26O3S. The molecule has 0 spiro atoms. The van der Waals surface area contributed by atoms with E-state index in [1.165, 1.54) is 30.2 Å². The predicted octanol–water partition coefficient (Wildman–Crippen LogP) is 3.14. The highest BCUT2D eigenvalue weighted by Gasteiger charge is 2.28. The number of hydrogen-bond acceptors (Lipinski definition) is 3. The normalized spacial score (nSPS) is 24.4. The number of benzene rings is 1. The molecule has 4 heteroatoms. The van der Waals surface area contributed by atoms with E-state index in [0.29, 0.717) is 12.2 Å². The lowest BCUT2D eigenvalue weighted by atomic mass is 9.79. The van der Waals surface area contributed by atoms with E-state index in [4.69, 9.17) is 0 Å². The molecule has 0 heterocycles. The second-order valence-corrected chi connectivity index (χ2v) is 9.59. The monoisotopic (exact) mass is 334 g/mol. The molecule has 0 amide bonds. The Morgan fingerprint density at radius 3 is 2.48 bits per heavy atom. The Kier molecular flexibility index (Phi) is 4.90. The fourth-order valence-corrected chi connectivity index (χ4v) is 5.35. The number of sulfone groups is 1. The van der Waals surface area contributed by atoms with Gasteiger partial charge in [0.15, 0.2) is 0 Å². The lowest BCUT2D eigenvalue weighted by Crippen LogP contribution is -2.26. The molecule has 1 aromatic carbocycles. The SMILES string of the molecule is CS(=O)(=O)CC1CCC(C(=O)Cc2ccc3c(c2)CCC3)CC1. The summed E-state index contributed by atoms with van der Waals surface area (Å²) >= 11 is 0. The number of carbonyl (C=O) groups is 1. The van der Waals surface area contributed by atoms with Crippen molar-refractivity contribution in [2.75, 3.05) is 12.0 Å². The van der Waals surface area contributed by atoms with Gasteiger partial charge in [0, 0.05) is 18.6 Å². The van der Waals surface area contributed by atoms with Crippen LogP contribution >= 0.6 is 0 Å². The minimum Gasteiger partial charge on any atom is -0.299 e. The first-order valence-electron chi connectivity index (χ1n) is 8.72. The van der Waals surface area contributed by atoms with Gasteiger partial charge in [0.1, 0.15) is 15.6 Å². The van der Waals surface area contributed by atoms with Gasteiger partial charge in [-0.1, -0.05) is 18.2 Å². The first-order chi connectivity index (χ1) is 10.9. The van der Waals surface area contributed by atoms with E-state index >= 15 is 0 Å². The molecule has 1 aromatic rings. The van der Waals surface area contributed by atoms with Gasteiger partial charge in [0.05, 0.1) is 5.75 Å². The highest BCUT2D eigenvalue weighted by atomic mass is 32.2. The first-order valence-corrected chi connectivity index (χ1v) is 10.8. The Labute approximate surface area is 139 Å². The summed E-state index contributed by atoms with van der Waals surface area (Å²) in [6, 6.07) is 6.51. The van der Waals surface area contributed by atoms with Crippen molar-refractivity contribution in [2.24, 2.45) is 11.8 Å². The minimum absolute atomic E-state index is 0.124. The van der Waals surface area contributed by atoms with Gasteiger partial charge in [-0.3, -0.25) is 4.79 Å². The summed E-state index contributed by atoms with van der Waals surface area (Å²) in [7, 11) is -2.90. The molecule has 2 aliphatic carbocycles. The maximum atomic E-state index is 12.5. The molecule has 0 bridgehead atoms. The Bertz CT molecular complexity index is 683. The average molecular weight is 334 g/mol. The second kappa shape index (κ2) is 6.76. The summed E-state index contributed by atoms with van der Waals surface area (Å²) in [6.45, 7) is 0. The Hall–Kier alpha value is -1.16. The summed E-state index contributed by atoms with van der Waals surface area (Å²) in [4.78, 5) is 12.5. The van der Waals surface area contributed by atoms with Crippen LogP contribution in [0.15, 0.2) is 18.2 Å². The molecule has 0 saturated heterocycles. The first kappa shape index (κ1) is 16.7. The van der Waals surface area contributed by atoms with Crippen molar-refractivity contribution in [3.05, 3.63) is 34.9 Å². The van der Waals surface area contributed by atoms with Crippen LogP contribution in [0.3, 0.4) is 0 Å². The molecule has 3 rings (SSSR count). The zero-order chi connectivity index (χ0) is 16.4. The maximum Gasteiger partial charge on any atom is 0.147 e. The van der Waals surface area contributed by atoms with Crippen LogP contribution in [0.25, 0.3) is 0 Å². The van der Waals surface area contributed by atoms with E-state index in [1.54, 1.807) is 0 Å². The van der Waals surface area contributed by atoms with Crippen molar-refractivity contribution >= 4 is 15.6 Å². The summed E-state index contributed by atoms with van der Waals surface area (Å²) < 4.78 is 22.8. The number of carbonyl (C=O) groups excluding carboxylic acids is 1. The van der Waals surface area contributed by atoms with E-state index in [9.17, 15) is 13.2 Å². The fourth-order valence-electron chi connectivity index (χ4n) is 4.16. The van der Waals surface area contributed by atoms with Crippen molar-refractivity contribution in [3.63, 3.8) is 0 Å². The van der Waals surface area contributed by atoms with Crippen molar-refractivity contribution in [2.45, 2.75) is 51.4 Å². The number of fused-ring (bicyclic) bond motifs is 1. The van der Waals surface area contributed by atoms with E-state index in [1.807, 2.05) is 0 Å². The zero-order valence-corrected chi connectivity index (χ0v) is 14.7. The Morgan fingerprint density at radius 1 is 1.09 bits per heavy atom. The van der Waals surface area contributed by atoms with E-state index in [0.717, 1.165) is 37.7 Å². The number of hydrogen-bond donors (Lipinski definition) is 0. The number of rotatable bonds is 5. The number of Topliss-reactive ketones (excluding diaryl/α,β-unsaturated/α-hetero) is 1. The third kappa shape index (κ3) is 4.43. The lowest BCUT2D eigenvalue weighted by Gasteiger charge is -2.27. The summed E-state index contributed by atoms with van der Waals surface area (Å²) in [5, 5.41) is 0. The van der Waals surface area contributed by atoms with E-state index < -0.39 is 9.84 Å². The summed E-state index contributed by atoms with van der Waals surface area (Å²) in [5.41, 5.74) is 4.02. The molecule has 0 unspecified atom stereocenters. The van der Waals surface area contributed by atoms with Gasteiger partial charge in [-0.2, -0.15) is 0 Å². The molecule has 1 fully saturated rings. The molecule has 0 radical (unpaired) electrons. The van der Waals surface area contributed by atoms with Crippen molar-refractivity contribution in [1.82, 2.24) is 0 Å². The molecule has 3 nitrogen and oxygen atoms in total. The molecule has 0 aliphatic heterocycles. The van der Waals surface area contributed by atoms with Gasteiger partial charge in [0.2, 0.25) is 0 Å². The molecule has 23 heavy (non-hydrogen) atoms. The van der Waals surface area contributed by atoms with Crippen LogP contribution in [0.2, 0.25) is 0 Å². The van der Waals surface area contributed by atoms with Crippen molar-refractivity contribution in [1.29, 1.82) is 0 Å². The average Bonchev–Trinajstić information content (AvgIpc) is 2.94. The number of aryl methyl sites for hydroxylation is 2. The fraction of sp³-hybridized carbons (Fsp3) is 0.632. The van der Waals surface area contributed by atoms with Gasteiger partial charge in [-0.05, 0) is 67.6 Å². The Balaban J connectivity index is 1.54. The van der Waals surface area contributed by atoms with Crippen LogP contribution in [0.5, 0.6) is 0 Å². The summed E-state index contributed by atoms with van der Waals surface area (Å²) in [6.07, 6.45) is 8.83. The number of ketones is 1. The van der Waals surface area contributed by atoms with Crippen LogP contribution in [0.1, 0.15) is 48.8 Å². The Morgan fingerprint density at radius 2 is 1.78 bits per heavy atom. The van der Waals surface area contributed by atoms with Crippen molar-refractivity contribution in [3.8, 4) is 0 Å². The van der Waals surface area contributed by atoms with Crippen LogP contribution in [-0.2, 0) is 33.9 Å². The molecule has 2 aliphatic rings. The molecule has 126 valence electrons. The van der Waals surface area contributed by atoms with Crippen LogP contribution < -0.4 is 0 Å². The third-order valence-corrected chi connectivity index (χ3v) is 6.46. The van der Waals surface area contributed by atoms with Gasteiger partial charge >= 0.3 is 0 Å². The third-order valence-electron chi connectivity index (χ3n) is 5.38. The summed E-state index contributed by atoms with van der Waals surface area (Å²) in [5.74, 6) is 0.979. The van der Waals surface area contributed by atoms with Crippen LogP contribution in [-0.4, -0.2) is 26.2 Å². The molecule has 0 N–H and O–H groups in total. The lowest BCUT2D eigenvalue weighted by molar-refractivity contribution is -0.123. The highest BCUT2D eigenvalue weighted by Crippen LogP contribution is 2.31. The smallest absolute Gasteiger partial charge is 0.147 e. The maximum absolute atomic E-state index is 12.5. The largest absolute Gasteiger partial charge is 0.299 e. The second-order valence-electron chi connectivity index (χ2n) is 7.41. The van der Waals surface area contributed by atoms with Gasteiger partial charge in [-0.15, -0.1) is 0 Å². The van der Waals surface area contributed by atoms with Gasteiger partial charge in [-0.25, -0.2) is 8.42 Å². The van der Waals surface area contributed by atoms with E-state index in [-0.39, 0.29) is 17.6 Å². The highest BCUT2D eigenvalue weighted by molar-refractivity contribution is 7.90. The standard InChI is InChI=1S/C19H26O3S/c1-23(21,22)13-14-5-9-17(10-6-14)19(20)12-15-7-8-16-3-2-4-18(16)11-15/h7-8,11,14,17H,2-6,9-10,12-13H2,1H3. The van der Waals surface area contributed by atoms with Crippen LogP contribution in [0.4, 0.5) is 0 Å². The predicted molar refractivity (Wildman–Crippen MR) is 92.3 cm³/mol. The molecule has 1 saturated carbocycles. The molecular weight excluding hydrogens is 308 g/mol. The van der Waals surface area contributed by atoms with Gasteiger partial charge < -0.3 is 0 Å².